The minimum absolute atomic E-state index is 0.0396. The lowest BCUT2D eigenvalue weighted by Crippen LogP contribution is -2.66. The number of carbonyl (C=O) groups excluding carboxylic acids is 3. The van der Waals surface area contributed by atoms with Crippen molar-refractivity contribution in [2.24, 2.45) is 5.41 Å². The van der Waals surface area contributed by atoms with E-state index < -0.39 is 46.1 Å². The van der Waals surface area contributed by atoms with Gasteiger partial charge >= 0.3 is 6.18 Å². The predicted octanol–water partition coefficient (Wildman–Crippen LogP) is 5.20. The molecule has 34 heavy (non-hydrogen) atoms. The van der Waals surface area contributed by atoms with Crippen molar-refractivity contribution in [1.29, 1.82) is 0 Å². The van der Waals surface area contributed by atoms with E-state index in [1.807, 2.05) is 5.32 Å². The first kappa shape index (κ1) is 23.9. The van der Waals surface area contributed by atoms with E-state index in [9.17, 15) is 31.9 Å². The van der Waals surface area contributed by atoms with Gasteiger partial charge in [-0.1, -0.05) is 31.5 Å². The lowest BCUT2D eigenvalue weighted by Gasteiger charge is -2.35. The Hall–Kier alpha value is -3.20. The van der Waals surface area contributed by atoms with E-state index in [0.29, 0.717) is 0 Å². The number of allylic oxidation sites excluding steroid dienone is 1. The van der Waals surface area contributed by atoms with Crippen molar-refractivity contribution in [3.8, 4) is 0 Å². The van der Waals surface area contributed by atoms with Gasteiger partial charge in [-0.2, -0.15) is 13.2 Å². The van der Waals surface area contributed by atoms with Crippen LogP contribution in [0, 0.1) is 11.2 Å². The van der Waals surface area contributed by atoms with Crippen LogP contribution in [0.1, 0.15) is 37.0 Å². The number of carbonyl (C=O) groups is 3. The van der Waals surface area contributed by atoms with E-state index in [-0.39, 0.29) is 34.8 Å². The SMILES string of the molecule is CC1(C)CC(=O)C2=C(C1)N(c1ccc(F)cc1)C(=O)C2(NC(=O)c1cccc(Cl)c1)C(F)(F)F. The maximum Gasteiger partial charge on any atom is 0.425 e. The summed E-state index contributed by atoms with van der Waals surface area (Å²) in [5.74, 6) is -4.33. The van der Waals surface area contributed by atoms with Crippen molar-refractivity contribution in [3.05, 3.63) is 76.2 Å². The molecule has 2 amide bonds. The molecule has 0 saturated heterocycles. The summed E-state index contributed by atoms with van der Waals surface area (Å²) in [5.41, 5.74) is -5.59. The molecule has 2 aromatic rings. The highest BCUT2D eigenvalue weighted by Crippen LogP contribution is 2.52. The van der Waals surface area contributed by atoms with Gasteiger partial charge in [0.05, 0.1) is 5.57 Å². The number of Topliss-reactive ketones (excluding diaryl/α,β-unsaturated/α-hetero) is 1. The van der Waals surface area contributed by atoms with Crippen molar-refractivity contribution < 1.29 is 31.9 Å². The average Bonchev–Trinajstić information content (AvgIpc) is 2.96. The number of ketones is 1. The fraction of sp³-hybridized carbons (Fsp3) is 0.292. The molecule has 1 heterocycles. The summed E-state index contributed by atoms with van der Waals surface area (Å²) in [6.07, 6.45) is -5.64. The molecule has 1 N–H and O–H groups in total. The second-order valence-corrected chi connectivity index (χ2v) is 9.53. The fourth-order valence-corrected chi connectivity index (χ4v) is 4.68. The molecule has 1 atom stereocenters. The Labute approximate surface area is 197 Å². The highest BCUT2D eigenvalue weighted by molar-refractivity contribution is 6.31. The van der Waals surface area contributed by atoms with Crippen LogP contribution in [0.15, 0.2) is 59.8 Å². The summed E-state index contributed by atoms with van der Waals surface area (Å²) in [6.45, 7) is 3.39. The molecule has 0 saturated carbocycles. The second-order valence-electron chi connectivity index (χ2n) is 9.09. The molecule has 1 aliphatic carbocycles. The molecular formula is C24H19ClF4N2O3. The van der Waals surface area contributed by atoms with Crippen LogP contribution in [0.5, 0.6) is 0 Å². The molecule has 0 spiro atoms. The van der Waals surface area contributed by atoms with Gasteiger partial charge < -0.3 is 5.32 Å². The van der Waals surface area contributed by atoms with Crippen LogP contribution in [-0.2, 0) is 9.59 Å². The van der Waals surface area contributed by atoms with Crippen LogP contribution in [0.3, 0.4) is 0 Å². The number of hydrogen-bond acceptors (Lipinski definition) is 3. The Morgan fingerprint density at radius 3 is 2.29 bits per heavy atom. The largest absolute Gasteiger partial charge is 0.425 e. The number of alkyl halides is 3. The molecule has 0 bridgehead atoms. The molecule has 1 unspecified atom stereocenters. The molecule has 178 valence electrons. The van der Waals surface area contributed by atoms with Crippen molar-refractivity contribution in [2.45, 2.75) is 38.4 Å². The Balaban J connectivity index is 1.94. The topological polar surface area (TPSA) is 66.5 Å². The average molecular weight is 495 g/mol. The number of nitrogens with zero attached hydrogens (tertiary/aromatic N) is 1. The summed E-state index contributed by atoms with van der Waals surface area (Å²) >= 11 is 5.87. The van der Waals surface area contributed by atoms with E-state index >= 15 is 0 Å². The van der Waals surface area contributed by atoms with Crippen LogP contribution in [0.2, 0.25) is 5.02 Å². The van der Waals surface area contributed by atoms with Crippen molar-refractivity contribution in [3.63, 3.8) is 0 Å². The number of benzene rings is 2. The van der Waals surface area contributed by atoms with Gasteiger partial charge in [-0.25, -0.2) is 4.39 Å². The third-order valence-electron chi connectivity index (χ3n) is 5.92. The number of rotatable bonds is 3. The number of halogens is 5. The van der Waals surface area contributed by atoms with E-state index in [2.05, 4.69) is 0 Å². The van der Waals surface area contributed by atoms with Crippen LogP contribution in [0.25, 0.3) is 0 Å². The molecule has 0 radical (unpaired) electrons. The molecule has 0 aromatic heterocycles. The van der Waals surface area contributed by atoms with Gasteiger partial charge in [0, 0.05) is 28.4 Å². The van der Waals surface area contributed by atoms with Gasteiger partial charge in [0.25, 0.3) is 11.8 Å². The molecule has 1 aliphatic heterocycles. The van der Waals surface area contributed by atoms with Gasteiger partial charge in [0.1, 0.15) is 5.82 Å². The minimum atomic E-state index is -5.36. The third kappa shape index (κ3) is 3.77. The minimum Gasteiger partial charge on any atom is -0.326 e. The van der Waals surface area contributed by atoms with Gasteiger partial charge in [0.15, 0.2) is 5.78 Å². The van der Waals surface area contributed by atoms with E-state index in [4.69, 9.17) is 11.6 Å². The van der Waals surface area contributed by atoms with Crippen molar-refractivity contribution in [2.75, 3.05) is 4.90 Å². The first-order valence-electron chi connectivity index (χ1n) is 10.3. The Morgan fingerprint density at radius 1 is 1.06 bits per heavy atom. The van der Waals surface area contributed by atoms with E-state index in [1.54, 1.807) is 13.8 Å². The molecule has 5 nitrogen and oxygen atoms in total. The quantitative estimate of drug-likeness (QED) is 0.596. The zero-order valence-electron chi connectivity index (χ0n) is 18.1. The van der Waals surface area contributed by atoms with Gasteiger partial charge in [0.2, 0.25) is 5.54 Å². The first-order chi connectivity index (χ1) is 15.8. The van der Waals surface area contributed by atoms with Gasteiger partial charge in [-0.3, -0.25) is 19.3 Å². The van der Waals surface area contributed by atoms with Crippen molar-refractivity contribution in [1.82, 2.24) is 5.32 Å². The standard InChI is InChI=1S/C24H19ClF4N2O3/c1-22(2)11-17-19(18(32)12-22)23(24(27,28)29,30-20(33)13-4-3-5-14(25)10-13)21(34)31(17)16-8-6-15(26)7-9-16/h3-10H,11-12H2,1-2H3,(H,30,33). The number of amides is 2. The molecule has 4 rings (SSSR count). The first-order valence-corrected chi connectivity index (χ1v) is 10.7. The summed E-state index contributed by atoms with van der Waals surface area (Å²) < 4.78 is 57.8. The lowest BCUT2D eigenvalue weighted by atomic mass is 9.72. The summed E-state index contributed by atoms with van der Waals surface area (Å²) in [5, 5.41) is 1.93. The van der Waals surface area contributed by atoms with Gasteiger partial charge in [-0.15, -0.1) is 0 Å². The highest BCUT2D eigenvalue weighted by Gasteiger charge is 2.72. The van der Waals surface area contributed by atoms with Gasteiger partial charge in [-0.05, 0) is 54.3 Å². The summed E-state index contributed by atoms with van der Waals surface area (Å²) in [4.78, 5) is 40.4. The zero-order chi connectivity index (χ0) is 25.1. The predicted molar refractivity (Wildman–Crippen MR) is 117 cm³/mol. The van der Waals surface area contributed by atoms with Crippen LogP contribution in [-0.4, -0.2) is 29.3 Å². The Morgan fingerprint density at radius 2 is 1.71 bits per heavy atom. The smallest absolute Gasteiger partial charge is 0.326 e. The summed E-state index contributed by atoms with van der Waals surface area (Å²) in [7, 11) is 0. The Kier molecular flexibility index (Phi) is 5.59. The monoisotopic (exact) mass is 494 g/mol. The number of anilines is 1. The Bertz CT molecular complexity index is 1240. The summed E-state index contributed by atoms with van der Waals surface area (Å²) in [6, 6.07) is 9.49. The molecule has 2 aromatic carbocycles. The van der Waals surface area contributed by atoms with Crippen LogP contribution in [0.4, 0.5) is 23.2 Å². The third-order valence-corrected chi connectivity index (χ3v) is 6.15. The molecule has 2 aliphatic rings. The van der Waals surface area contributed by atoms with Crippen LogP contribution >= 0.6 is 11.6 Å². The van der Waals surface area contributed by atoms with Crippen molar-refractivity contribution >= 4 is 34.9 Å². The molecular weight excluding hydrogens is 476 g/mol. The molecule has 0 fully saturated rings. The molecule has 10 heteroatoms. The maximum atomic E-state index is 14.8. The van der Waals surface area contributed by atoms with Crippen LogP contribution < -0.4 is 10.2 Å². The lowest BCUT2D eigenvalue weighted by molar-refractivity contribution is -0.186. The number of hydrogen-bond donors (Lipinski definition) is 1. The van der Waals surface area contributed by atoms with E-state index in [1.165, 1.54) is 18.2 Å². The zero-order valence-corrected chi connectivity index (χ0v) is 18.9. The maximum absolute atomic E-state index is 14.8. The van der Waals surface area contributed by atoms with E-state index in [0.717, 1.165) is 35.2 Å². The normalized spacial score (nSPS) is 22.1. The fourth-order valence-electron chi connectivity index (χ4n) is 4.49. The number of nitrogens with one attached hydrogen (secondary N) is 1. The highest BCUT2D eigenvalue weighted by atomic mass is 35.5. The second kappa shape index (κ2) is 7.94.